The summed E-state index contributed by atoms with van der Waals surface area (Å²) in [4.78, 5) is 0. The van der Waals surface area contributed by atoms with Crippen LogP contribution < -0.4 is 10.5 Å². The Morgan fingerprint density at radius 1 is 1.30 bits per heavy atom. The average molecular weight is 271 g/mol. The molecule has 0 aliphatic rings. The first kappa shape index (κ1) is 12.7. The van der Waals surface area contributed by atoms with Crippen LogP contribution in [0, 0.1) is 0 Å². The first-order chi connectivity index (χ1) is 9.79. The Hall–Kier alpha value is -2.27. The van der Waals surface area contributed by atoms with E-state index < -0.39 is 0 Å². The molecule has 0 spiro atoms. The van der Waals surface area contributed by atoms with Crippen LogP contribution >= 0.6 is 0 Å². The molecule has 3 aromatic rings. The lowest BCUT2D eigenvalue weighted by atomic mass is 10.2. The van der Waals surface area contributed by atoms with Crippen LogP contribution in [-0.2, 0) is 20.0 Å². The van der Waals surface area contributed by atoms with E-state index in [1.807, 2.05) is 42.1 Å². The van der Waals surface area contributed by atoms with Crippen molar-refractivity contribution in [2.24, 2.45) is 12.8 Å². The fourth-order valence-electron chi connectivity index (χ4n) is 2.27. The second-order valence-electron chi connectivity index (χ2n) is 4.60. The number of hydrogen-bond donors (Lipinski definition) is 1. The highest BCUT2D eigenvalue weighted by Gasteiger charge is 2.14. The molecule has 2 N–H and O–H groups in total. The Labute approximate surface area is 116 Å². The van der Waals surface area contributed by atoms with E-state index in [0.29, 0.717) is 18.9 Å². The van der Waals surface area contributed by atoms with Gasteiger partial charge in [-0.2, -0.15) is 5.10 Å². The molecular formula is C15H17N3O2. The standard InChI is InChI=1S/C15H17N3O2/c1-18-11(6-8-17-18)7-9-19-15-12-4-2-3-5-13(12)20-14(15)10-16/h2-6,8H,7,9-10,16H2,1H3. The molecule has 0 saturated carbocycles. The third-order valence-electron chi connectivity index (χ3n) is 3.33. The number of furan rings is 1. The highest BCUT2D eigenvalue weighted by molar-refractivity contribution is 5.85. The van der Waals surface area contributed by atoms with E-state index in [2.05, 4.69) is 5.10 Å². The zero-order valence-electron chi connectivity index (χ0n) is 11.4. The van der Waals surface area contributed by atoms with E-state index >= 15 is 0 Å². The van der Waals surface area contributed by atoms with Gasteiger partial charge in [-0.05, 0) is 18.2 Å². The maximum Gasteiger partial charge on any atom is 0.169 e. The van der Waals surface area contributed by atoms with E-state index in [4.69, 9.17) is 14.9 Å². The number of ether oxygens (including phenoxy) is 1. The van der Waals surface area contributed by atoms with Crippen LogP contribution in [0.1, 0.15) is 11.5 Å². The van der Waals surface area contributed by atoms with Gasteiger partial charge < -0.3 is 14.9 Å². The number of benzene rings is 1. The van der Waals surface area contributed by atoms with Gasteiger partial charge in [-0.15, -0.1) is 0 Å². The van der Waals surface area contributed by atoms with Gasteiger partial charge in [0.15, 0.2) is 11.5 Å². The van der Waals surface area contributed by atoms with Crippen LogP contribution in [0.2, 0.25) is 0 Å². The molecule has 0 aliphatic carbocycles. The Balaban J connectivity index is 1.78. The van der Waals surface area contributed by atoms with Crippen LogP contribution in [0.25, 0.3) is 11.0 Å². The van der Waals surface area contributed by atoms with Gasteiger partial charge in [0.05, 0.1) is 18.5 Å². The van der Waals surface area contributed by atoms with Gasteiger partial charge in [0.25, 0.3) is 0 Å². The number of hydrogen-bond acceptors (Lipinski definition) is 4. The molecule has 104 valence electrons. The van der Waals surface area contributed by atoms with Crippen molar-refractivity contribution in [3.8, 4) is 5.75 Å². The zero-order valence-corrected chi connectivity index (χ0v) is 11.4. The second kappa shape index (κ2) is 5.38. The van der Waals surface area contributed by atoms with Crippen molar-refractivity contribution in [2.75, 3.05) is 6.61 Å². The molecule has 0 amide bonds. The molecule has 5 heteroatoms. The number of fused-ring (bicyclic) bond motifs is 1. The summed E-state index contributed by atoms with van der Waals surface area (Å²) in [5.41, 5.74) is 7.66. The number of nitrogens with zero attached hydrogens (tertiary/aromatic N) is 2. The molecule has 5 nitrogen and oxygen atoms in total. The maximum absolute atomic E-state index is 5.89. The van der Waals surface area contributed by atoms with Gasteiger partial charge in [-0.1, -0.05) is 12.1 Å². The van der Waals surface area contributed by atoms with Crippen LogP contribution in [0.3, 0.4) is 0 Å². The smallest absolute Gasteiger partial charge is 0.169 e. The van der Waals surface area contributed by atoms with Crippen LogP contribution in [0.5, 0.6) is 5.75 Å². The molecule has 0 unspecified atom stereocenters. The summed E-state index contributed by atoms with van der Waals surface area (Å²) in [7, 11) is 1.92. The summed E-state index contributed by atoms with van der Waals surface area (Å²) >= 11 is 0. The Morgan fingerprint density at radius 3 is 2.90 bits per heavy atom. The van der Waals surface area contributed by atoms with Crippen molar-refractivity contribution < 1.29 is 9.15 Å². The number of rotatable bonds is 5. The van der Waals surface area contributed by atoms with Crippen molar-refractivity contribution >= 4 is 11.0 Å². The summed E-state index contributed by atoms with van der Waals surface area (Å²) in [6.45, 7) is 0.895. The molecule has 0 atom stereocenters. The SMILES string of the molecule is Cn1nccc1CCOc1c(CN)oc2ccccc12. The van der Waals surface area contributed by atoms with E-state index in [0.717, 1.165) is 28.8 Å². The van der Waals surface area contributed by atoms with Gasteiger partial charge in [0.2, 0.25) is 0 Å². The predicted octanol–water partition coefficient (Wildman–Crippen LogP) is 2.25. The fraction of sp³-hybridized carbons (Fsp3) is 0.267. The average Bonchev–Trinajstić information content (AvgIpc) is 3.03. The Bertz CT molecular complexity index is 715. The Kier molecular flexibility index (Phi) is 3.43. The summed E-state index contributed by atoms with van der Waals surface area (Å²) in [6.07, 6.45) is 2.58. The fourth-order valence-corrected chi connectivity index (χ4v) is 2.27. The van der Waals surface area contributed by atoms with Gasteiger partial charge in [0.1, 0.15) is 5.58 Å². The van der Waals surface area contributed by atoms with Gasteiger partial charge in [-0.3, -0.25) is 4.68 Å². The molecule has 0 bridgehead atoms. The third kappa shape index (κ3) is 2.28. The summed E-state index contributed by atoms with van der Waals surface area (Å²) in [6, 6.07) is 9.79. The van der Waals surface area contributed by atoms with Crippen molar-refractivity contribution in [3.05, 3.63) is 48.0 Å². The highest BCUT2D eigenvalue weighted by atomic mass is 16.5. The van der Waals surface area contributed by atoms with Crippen LogP contribution in [0.4, 0.5) is 0 Å². The topological polar surface area (TPSA) is 66.2 Å². The second-order valence-corrected chi connectivity index (χ2v) is 4.60. The number of aryl methyl sites for hydroxylation is 1. The summed E-state index contributed by atoms with van der Waals surface area (Å²) in [5.74, 6) is 1.45. The molecule has 0 fully saturated rings. The molecule has 0 saturated heterocycles. The monoisotopic (exact) mass is 271 g/mol. The Morgan fingerprint density at radius 2 is 2.15 bits per heavy atom. The molecule has 2 heterocycles. The number of aromatic nitrogens is 2. The first-order valence-electron chi connectivity index (χ1n) is 6.59. The van der Waals surface area contributed by atoms with Crippen LogP contribution in [0.15, 0.2) is 40.9 Å². The molecule has 1 aromatic carbocycles. The van der Waals surface area contributed by atoms with E-state index in [1.54, 1.807) is 6.20 Å². The summed E-state index contributed by atoms with van der Waals surface area (Å²) in [5, 5.41) is 5.11. The van der Waals surface area contributed by atoms with Gasteiger partial charge in [0, 0.05) is 25.4 Å². The highest BCUT2D eigenvalue weighted by Crippen LogP contribution is 2.32. The van der Waals surface area contributed by atoms with Crippen molar-refractivity contribution in [1.29, 1.82) is 0 Å². The van der Waals surface area contributed by atoms with Crippen molar-refractivity contribution in [1.82, 2.24) is 9.78 Å². The van der Waals surface area contributed by atoms with E-state index in [-0.39, 0.29) is 0 Å². The van der Waals surface area contributed by atoms with E-state index in [9.17, 15) is 0 Å². The minimum atomic E-state index is 0.329. The molecule has 2 aromatic heterocycles. The minimum Gasteiger partial charge on any atom is -0.489 e. The van der Waals surface area contributed by atoms with Crippen molar-refractivity contribution in [3.63, 3.8) is 0 Å². The largest absolute Gasteiger partial charge is 0.489 e. The minimum absolute atomic E-state index is 0.329. The lowest BCUT2D eigenvalue weighted by molar-refractivity contribution is 0.311. The first-order valence-corrected chi connectivity index (χ1v) is 6.59. The molecule has 3 rings (SSSR count). The van der Waals surface area contributed by atoms with E-state index in [1.165, 1.54) is 0 Å². The molecule has 0 radical (unpaired) electrons. The number of nitrogens with two attached hydrogens (primary N) is 1. The summed E-state index contributed by atoms with van der Waals surface area (Å²) < 4.78 is 13.4. The third-order valence-corrected chi connectivity index (χ3v) is 3.33. The quantitative estimate of drug-likeness (QED) is 0.773. The van der Waals surface area contributed by atoms with Gasteiger partial charge >= 0.3 is 0 Å². The molecular weight excluding hydrogens is 254 g/mol. The zero-order chi connectivity index (χ0) is 13.9. The molecule has 0 aliphatic heterocycles. The molecule has 20 heavy (non-hydrogen) atoms. The van der Waals surface area contributed by atoms with Gasteiger partial charge in [-0.25, -0.2) is 0 Å². The van der Waals surface area contributed by atoms with Crippen molar-refractivity contribution in [2.45, 2.75) is 13.0 Å². The maximum atomic E-state index is 5.89. The lowest BCUT2D eigenvalue weighted by Crippen LogP contribution is -2.07. The normalized spacial score (nSPS) is 11.1. The lowest BCUT2D eigenvalue weighted by Gasteiger charge is -2.06. The number of para-hydroxylation sites is 1. The van der Waals surface area contributed by atoms with Crippen LogP contribution in [-0.4, -0.2) is 16.4 Å². The predicted molar refractivity (Wildman–Crippen MR) is 76.5 cm³/mol.